The average Bonchev–Trinajstić information content (AvgIpc) is 2.56. The first-order valence-electron chi connectivity index (χ1n) is 7.41. The van der Waals surface area contributed by atoms with Crippen molar-refractivity contribution in [3.8, 4) is 0 Å². The smallest absolute Gasteiger partial charge is 0.228 e. The molecular weight excluding hydrogens is 312 g/mol. The van der Waals surface area contributed by atoms with E-state index in [1.54, 1.807) is 0 Å². The monoisotopic (exact) mass is 334 g/mol. The number of ether oxygens (including phenoxy) is 1. The molecule has 0 aromatic heterocycles. The number of nitrogens with one attached hydrogen (secondary N) is 1. The van der Waals surface area contributed by atoms with Crippen molar-refractivity contribution >= 4 is 24.0 Å². The van der Waals surface area contributed by atoms with Crippen LogP contribution >= 0.6 is 12.4 Å². The van der Waals surface area contributed by atoms with E-state index in [9.17, 15) is 4.79 Å². The average molecular weight is 335 g/mol. The molecule has 0 aliphatic rings. The van der Waals surface area contributed by atoms with Gasteiger partial charge in [0.15, 0.2) is 0 Å². The molecule has 5 heteroatoms. The Kier molecular flexibility index (Phi) is 8.33. The van der Waals surface area contributed by atoms with Crippen LogP contribution in [-0.4, -0.2) is 12.5 Å². The Labute approximate surface area is 143 Å². The number of halogens is 1. The second-order valence-corrected chi connectivity index (χ2v) is 5.26. The summed E-state index contributed by atoms with van der Waals surface area (Å²) in [5.41, 5.74) is 8.38. The normalized spacial score (nSPS) is 11.4. The van der Waals surface area contributed by atoms with Crippen LogP contribution in [0.25, 0.3) is 0 Å². The molecule has 0 bridgehead atoms. The molecule has 124 valence electrons. The minimum Gasteiger partial charge on any atom is -0.372 e. The highest BCUT2D eigenvalue weighted by molar-refractivity contribution is 5.93. The molecule has 3 N–H and O–H groups in total. The number of nitrogens with two attached hydrogens (primary N) is 1. The summed E-state index contributed by atoms with van der Waals surface area (Å²) in [7, 11) is 0. The standard InChI is InChI=1S/C18H22N2O2.ClH/c1-14(11-19)18(21)20-17-10-6-5-9-16(17)13-22-12-15-7-3-2-4-8-15;/h2-10,14H,11-13,19H2,1H3,(H,20,21);1H. The number of hydrogen-bond donors (Lipinski definition) is 2. The van der Waals surface area contributed by atoms with Gasteiger partial charge in [0.25, 0.3) is 0 Å². The van der Waals surface area contributed by atoms with Crippen LogP contribution in [0.2, 0.25) is 0 Å². The Morgan fingerprint density at radius 3 is 2.43 bits per heavy atom. The summed E-state index contributed by atoms with van der Waals surface area (Å²) in [6.45, 7) is 3.13. The molecule has 23 heavy (non-hydrogen) atoms. The molecule has 1 unspecified atom stereocenters. The fraction of sp³-hybridized carbons (Fsp3) is 0.278. The predicted octanol–water partition coefficient (Wildman–Crippen LogP) is 3.36. The van der Waals surface area contributed by atoms with Gasteiger partial charge in [-0.25, -0.2) is 0 Å². The number of carbonyl (C=O) groups excluding carboxylic acids is 1. The summed E-state index contributed by atoms with van der Waals surface area (Å²) in [6.07, 6.45) is 0. The van der Waals surface area contributed by atoms with Crippen LogP contribution in [0.3, 0.4) is 0 Å². The van der Waals surface area contributed by atoms with E-state index in [4.69, 9.17) is 10.5 Å². The molecule has 0 heterocycles. The van der Waals surface area contributed by atoms with Crippen LogP contribution in [0.1, 0.15) is 18.1 Å². The van der Waals surface area contributed by atoms with Gasteiger partial charge in [-0.05, 0) is 11.6 Å². The molecule has 1 amide bonds. The van der Waals surface area contributed by atoms with E-state index in [1.165, 1.54) is 0 Å². The second kappa shape index (κ2) is 10.0. The van der Waals surface area contributed by atoms with Crippen molar-refractivity contribution in [3.05, 3.63) is 65.7 Å². The lowest BCUT2D eigenvalue weighted by Gasteiger charge is -2.14. The van der Waals surface area contributed by atoms with Crippen LogP contribution in [0.15, 0.2) is 54.6 Å². The zero-order chi connectivity index (χ0) is 15.8. The number of anilines is 1. The van der Waals surface area contributed by atoms with E-state index in [0.717, 1.165) is 16.8 Å². The van der Waals surface area contributed by atoms with Crippen molar-refractivity contribution in [2.45, 2.75) is 20.1 Å². The molecule has 0 saturated heterocycles. The lowest BCUT2D eigenvalue weighted by Crippen LogP contribution is -2.27. The highest BCUT2D eigenvalue weighted by atomic mass is 35.5. The molecular formula is C18H23ClN2O2. The van der Waals surface area contributed by atoms with Gasteiger partial charge in [0.05, 0.1) is 13.2 Å². The molecule has 0 fully saturated rings. The number of para-hydroxylation sites is 1. The zero-order valence-electron chi connectivity index (χ0n) is 13.2. The van der Waals surface area contributed by atoms with Gasteiger partial charge in [-0.15, -0.1) is 12.4 Å². The van der Waals surface area contributed by atoms with Crippen molar-refractivity contribution in [3.63, 3.8) is 0 Å². The first-order chi connectivity index (χ1) is 10.7. The Balaban J connectivity index is 0.00000264. The SMILES string of the molecule is CC(CN)C(=O)Nc1ccccc1COCc1ccccc1.Cl. The van der Waals surface area contributed by atoms with E-state index < -0.39 is 0 Å². The third kappa shape index (κ3) is 6.02. The van der Waals surface area contributed by atoms with Crippen molar-refractivity contribution in [1.29, 1.82) is 0 Å². The second-order valence-electron chi connectivity index (χ2n) is 5.26. The summed E-state index contributed by atoms with van der Waals surface area (Å²) >= 11 is 0. The molecule has 4 nitrogen and oxygen atoms in total. The maximum atomic E-state index is 12.0. The Morgan fingerprint density at radius 2 is 1.74 bits per heavy atom. The molecule has 2 rings (SSSR count). The highest BCUT2D eigenvalue weighted by Crippen LogP contribution is 2.17. The van der Waals surface area contributed by atoms with Crippen molar-refractivity contribution < 1.29 is 9.53 Å². The number of benzene rings is 2. The summed E-state index contributed by atoms with van der Waals surface area (Å²) in [6, 6.07) is 17.7. The summed E-state index contributed by atoms with van der Waals surface area (Å²) in [5.74, 6) is -0.281. The van der Waals surface area contributed by atoms with Gasteiger partial charge in [-0.1, -0.05) is 55.5 Å². The first kappa shape index (κ1) is 19.2. The quantitative estimate of drug-likeness (QED) is 0.816. The van der Waals surface area contributed by atoms with Crippen LogP contribution in [0.5, 0.6) is 0 Å². The molecule has 0 aliphatic carbocycles. The summed E-state index contributed by atoms with van der Waals surface area (Å²) < 4.78 is 5.74. The maximum Gasteiger partial charge on any atom is 0.228 e. The molecule has 0 aliphatic heterocycles. The van der Waals surface area contributed by atoms with Crippen LogP contribution in [-0.2, 0) is 22.7 Å². The molecule has 0 radical (unpaired) electrons. The van der Waals surface area contributed by atoms with Crippen molar-refractivity contribution in [1.82, 2.24) is 0 Å². The molecule has 0 spiro atoms. The number of rotatable bonds is 7. The van der Waals surface area contributed by atoms with Crippen molar-refractivity contribution in [2.75, 3.05) is 11.9 Å². The third-order valence-electron chi connectivity index (χ3n) is 3.45. The number of hydrogen-bond acceptors (Lipinski definition) is 3. The van der Waals surface area contributed by atoms with Gasteiger partial charge in [-0.3, -0.25) is 4.79 Å². The van der Waals surface area contributed by atoms with Gasteiger partial charge >= 0.3 is 0 Å². The van der Waals surface area contributed by atoms with E-state index in [-0.39, 0.29) is 24.2 Å². The Bertz CT molecular complexity index is 605. The lowest BCUT2D eigenvalue weighted by atomic mass is 10.1. The van der Waals surface area contributed by atoms with Crippen LogP contribution in [0, 0.1) is 5.92 Å². The van der Waals surface area contributed by atoms with Crippen molar-refractivity contribution in [2.24, 2.45) is 11.7 Å². The fourth-order valence-corrected chi connectivity index (χ4v) is 1.98. The minimum absolute atomic E-state index is 0. The van der Waals surface area contributed by atoms with Gasteiger partial charge in [0.1, 0.15) is 0 Å². The van der Waals surface area contributed by atoms with E-state index in [1.807, 2.05) is 61.5 Å². The molecule has 0 saturated carbocycles. The number of carbonyl (C=O) groups is 1. The Hall–Kier alpha value is -1.88. The minimum atomic E-state index is -0.210. The Morgan fingerprint density at radius 1 is 1.09 bits per heavy atom. The number of amides is 1. The first-order valence-corrected chi connectivity index (χ1v) is 7.41. The fourth-order valence-electron chi connectivity index (χ4n) is 1.98. The maximum absolute atomic E-state index is 12.0. The lowest BCUT2D eigenvalue weighted by molar-refractivity contribution is -0.119. The van der Waals surface area contributed by atoms with Gasteiger partial charge in [-0.2, -0.15) is 0 Å². The summed E-state index contributed by atoms with van der Waals surface area (Å²) in [5, 5.41) is 2.91. The van der Waals surface area contributed by atoms with Crippen LogP contribution < -0.4 is 11.1 Å². The van der Waals surface area contributed by atoms with E-state index >= 15 is 0 Å². The largest absolute Gasteiger partial charge is 0.372 e. The highest BCUT2D eigenvalue weighted by Gasteiger charge is 2.12. The van der Waals surface area contributed by atoms with Gasteiger partial charge in [0, 0.05) is 23.7 Å². The molecule has 1 atom stereocenters. The zero-order valence-corrected chi connectivity index (χ0v) is 14.0. The predicted molar refractivity (Wildman–Crippen MR) is 95.5 cm³/mol. The van der Waals surface area contributed by atoms with E-state index in [2.05, 4.69) is 5.32 Å². The summed E-state index contributed by atoms with van der Waals surface area (Å²) in [4.78, 5) is 12.0. The van der Waals surface area contributed by atoms with E-state index in [0.29, 0.717) is 19.8 Å². The van der Waals surface area contributed by atoms with Gasteiger partial charge in [0.2, 0.25) is 5.91 Å². The van der Waals surface area contributed by atoms with Gasteiger partial charge < -0.3 is 15.8 Å². The molecule has 2 aromatic rings. The molecule has 2 aromatic carbocycles. The topological polar surface area (TPSA) is 64.4 Å². The van der Waals surface area contributed by atoms with Crippen LogP contribution in [0.4, 0.5) is 5.69 Å². The third-order valence-corrected chi connectivity index (χ3v) is 3.45.